The maximum Gasteiger partial charge on any atom is 0.338 e. The van der Waals surface area contributed by atoms with Crippen LogP contribution in [0.3, 0.4) is 0 Å². The SMILES string of the molecule is CCOC(=O)C1=C(C)NC(=S)N[C@H]1c1ccccc1OCC(=O)NN=Cc1cc(Cl)cc(Br)c1OCc1ccc(Cl)cc1. The lowest BCUT2D eigenvalue weighted by Crippen LogP contribution is -2.45. The molecule has 4 rings (SSSR count). The van der Waals surface area contributed by atoms with E-state index in [0.29, 0.717) is 53.5 Å². The standard InChI is InChI=1S/C30H27BrCl2N4O5S/c1-3-40-29(39)26-17(2)35-30(43)36-27(26)22-6-4-5-7-24(22)41-16-25(38)37-34-14-19-12-21(33)13-23(31)28(19)42-15-18-8-10-20(32)11-9-18/h4-14,27H,3,15-16H2,1-2H3,(H,37,38)(H2,35,36,43)/t27-/m0/s1. The fourth-order valence-corrected chi connectivity index (χ4v) is 5.52. The minimum Gasteiger partial charge on any atom is -0.487 e. The van der Waals surface area contributed by atoms with Gasteiger partial charge in [-0.15, -0.1) is 0 Å². The highest BCUT2D eigenvalue weighted by molar-refractivity contribution is 9.10. The zero-order chi connectivity index (χ0) is 30.9. The van der Waals surface area contributed by atoms with Gasteiger partial charge in [-0.2, -0.15) is 5.10 Å². The number of nitrogens with zero attached hydrogens (tertiary/aromatic N) is 1. The first kappa shape index (κ1) is 32.3. The molecule has 0 aromatic heterocycles. The van der Waals surface area contributed by atoms with Gasteiger partial charge in [-0.05, 0) is 77.9 Å². The Morgan fingerprint density at radius 2 is 1.84 bits per heavy atom. The molecule has 43 heavy (non-hydrogen) atoms. The molecule has 0 saturated carbocycles. The Balaban J connectivity index is 1.43. The maximum atomic E-state index is 12.8. The lowest BCUT2D eigenvalue weighted by atomic mass is 9.95. The third-order valence-corrected chi connectivity index (χ3v) is 7.36. The van der Waals surface area contributed by atoms with Crippen LogP contribution < -0.4 is 25.5 Å². The highest BCUT2D eigenvalue weighted by Gasteiger charge is 2.32. The van der Waals surface area contributed by atoms with Gasteiger partial charge < -0.3 is 24.8 Å². The smallest absolute Gasteiger partial charge is 0.338 e. The van der Waals surface area contributed by atoms with Crippen molar-refractivity contribution in [2.24, 2.45) is 5.10 Å². The molecule has 1 aliphatic rings. The van der Waals surface area contributed by atoms with Crippen molar-refractivity contribution in [3.8, 4) is 11.5 Å². The van der Waals surface area contributed by atoms with Crippen LogP contribution in [0.2, 0.25) is 10.0 Å². The number of halogens is 3. The van der Waals surface area contributed by atoms with Crippen LogP contribution in [0.15, 0.2) is 81.5 Å². The monoisotopic (exact) mass is 704 g/mol. The summed E-state index contributed by atoms with van der Waals surface area (Å²) in [6.45, 7) is 3.62. The number of carbonyl (C=O) groups excluding carboxylic acids is 2. The minimum atomic E-state index is -0.641. The first-order valence-corrected chi connectivity index (χ1v) is 15.0. The lowest BCUT2D eigenvalue weighted by molar-refractivity contribution is -0.139. The van der Waals surface area contributed by atoms with Crippen molar-refractivity contribution in [3.63, 3.8) is 0 Å². The molecule has 1 amide bonds. The quantitative estimate of drug-likeness (QED) is 0.0934. The molecular formula is C30H27BrCl2N4O5S. The second-order valence-corrected chi connectivity index (χ2v) is 11.3. The van der Waals surface area contributed by atoms with Crippen LogP contribution in [0.5, 0.6) is 11.5 Å². The highest BCUT2D eigenvalue weighted by Crippen LogP contribution is 2.34. The van der Waals surface area contributed by atoms with E-state index in [9.17, 15) is 9.59 Å². The third-order valence-electron chi connectivity index (χ3n) is 6.08. The number of esters is 1. The number of thiocarbonyl (C=S) groups is 1. The second kappa shape index (κ2) is 15.2. The van der Waals surface area contributed by atoms with Gasteiger partial charge in [0.2, 0.25) is 0 Å². The molecule has 0 fully saturated rings. The zero-order valence-corrected chi connectivity index (χ0v) is 27.0. The van der Waals surface area contributed by atoms with E-state index in [-0.39, 0.29) is 19.8 Å². The molecule has 0 radical (unpaired) electrons. The Morgan fingerprint density at radius 3 is 2.58 bits per heavy atom. The summed E-state index contributed by atoms with van der Waals surface area (Å²) in [5.74, 6) is -0.119. The van der Waals surface area contributed by atoms with E-state index >= 15 is 0 Å². The summed E-state index contributed by atoms with van der Waals surface area (Å²) in [5, 5.41) is 11.6. The fraction of sp³-hybridized carbons (Fsp3) is 0.200. The average Bonchev–Trinajstić information content (AvgIpc) is 2.96. The van der Waals surface area contributed by atoms with E-state index in [1.807, 2.05) is 12.1 Å². The maximum absolute atomic E-state index is 12.8. The Hall–Kier alpha value is -3.64. The number of amides is 1. The second-order valence-electron chi connectivity index (χ2n) is 9.13. The van der Waals surface area contributed by atoms with Crippen molar-refractivity contribution >= 4 is 74.6 Å². The van der Waals surface area contributed by atoms with Crippen LogP contribution in [0.25, 0.3) is 0 Å². The minimum absolute atomic E-state index is 0.216. The third kappa shape index (κ3) is 8.70. The van der Waals surface area contributed by atoms with Crippen molar-refractivity contribution < 1.29 is 23.8 Å². The fourth-order valence-electron chi connectivity index (χ4n) is 4.17. The Labute approximate surface area is 272 Å². The number of ether oxygens (including phenoxy) is 3. The molecule has 0 spiro atoms. The number of carbonyl (C=O) groups is 2. The average molecular weight is 706 g/mol. The van der Waals surface area contributed by atoms with Crippen molar-refractivity contribution in [3.05, 3.63) is 103 Å². The normalized spacial score (nSPS) is 14.6. The Kier molecular flexibility index (Phi) is 11.4. The summed E-state index contributed by atoms with van der Waals surface area (Å²) in [6.07, 6.45) is 1.43. The van der Waals surface area contributed by atoms with Gasteiger partial charge in [0.05, 0.1) is 28.9 Å². The van der Waals surface area contributed by atoms with Crippen molar-refractivity contribution in [1.82, 2.24) is 16.1 Å². The van der Waals surface area contributed by atoms with Crippen LogP contribution in [-0.4, -0.2) is 36.4 Å². The molecule has 9 nitrogen and oxygen atoms in total. The van der Waals surface area contributed by atoms with Gasteiger partial charge in [0.1, 0.15) is 18.1 Å². The molecule has 1 aliphatic heterocycles. The molecule has 3 aromatic carbocycles. The first-order valence-electron chi connectivity index (χ1n) is 13.0. The summed E-state index contributed by atoms with van der Waals surface area (Å²) in [7, 11) is 0. The summed E-state index contributed by atoms with van der Waals surface area (Å²) < 4.78 is 17.7. The van der Waals surface area contributed by atoms with E-state index in [1.165, 1.54) is 6.21 Å². The summed E-state index contributed by atoms with van der Waals surface area (Å²) in [4.78, 5) is 25.4. The van der Waals surface area contributed by atoms with Gasteiger partial charge >= 0.3 is 5.97 Å². The van der Waals surface area contributed by atoms with Crippen molar-refractivity contribution in [2.45, 2.75) is 26.5 Å². The molecule has 1 heterocycles. The number of para-hydroxylation sites is 1. The molecule has 1 atom stereocenters. The van der Waals surface area contributed by atoms with Crippen LogP contribution in [0, 0.1) is 0 Å². The number of hydrogen-bond acceptors (Lipinski definition) is 7. The number of benzene rings is 3. The van der Waals surface area contributed by atoms with Gasteiger partial charge in [0, 0.05) is 26.9 Å². The van der Waals surface area contributed by atoms with Crippen LogP contribution in [-0.2, 0) is 20.9 Å². The van der Waals surface area contributed by atoms with E-state index in [1.54, 1.807) is 62.4 Å². The number of nitrogens with one attached hydrogen (secondary N) is 3. The zero-order valence-electron chi connectivity index (χ0n) is 23.1. The molecule has 224 valence electrons. The van der Waals surface area contributed by atoms with Crippen LogP contribution in [0.1, 0.15) is 36.6 Å². The van der Waals surface area contributed by atoms with E-state index in [4.69, 9.17) is 49.6 Å². The molecule has 0 unspecified atom stereocenters. The summed E-state index contributed by atoms with van der Waals surface area (Å²) in [5.41, 5.74) is 5.45. The van der Waals surface area contributed by atoms with E-state index in [2.05, 4.69) is 37.1 Å². The van der Waals surface area contributed by atoms with Gasteiger partial charge in [-0.3, -0.25) is 4.79 Å². The predicted octanol–water partition coefficient (Wildman–Crippen LogP) is 6.22. The van der Waals surface area contributed by atoms with Crippen LogP contribution >= 0.6 is 51.3 Å². The van der Waals surface area contributed by atoms with Gasteiger partial charge in [-0.25, -0.2) is 10.2 Å². The number of hydrogen-bond donors (Lipinski definition) is 3. The van der Waals surface area contributed by atoms with Crippen LogP contribution in [0.4, 0.5) is 0 Å². The summed E-state index contributed by atoms with van der Waals surface area (Å²) in [6, 6.07) is 17.1. The number of allylic oxidation sites excluding steroid dienone is 1. The first-order chi connectivity index (χ1) is 20.7. The Morgan fingerprint density at radius 1 is 1.09 bits per heavy atom. The molecule has 3 aromatic rings. The van der Waals surface area contributed by atoms with Gasteiger partial charge in [-0.1, -0.05) is 53.5 Å². The molecular weight excluding hydrogens is 679 g/mol. The van der Waals surface area contributed by atoms with E-state index < -0.39 is 17.9 Å². The molecule has 3 N–H and O–H groups in total. The molecule has 0 bridgehead atoms. The Bertz CT molecular complexity index is 1580. The summed E-state index contributed by atoms with van der Waals surface area (Å²) >= 11 is 21.0. The highest BCUT2D eigenvalue weighted by atomic mass is 79.9. The molecule has 0 saturated heterocycles. The van der Waals surface area contributed by atoms with Crippen molar-refractivity contribution in [2.75, 3.05) is 13.2 Å². The number of rotatable bonds is 11. The predicted molar refractivity (Wildman–Crippen MR) is 174 cm³/mol. The topological polar surface area (TPSA) is 110 Å². The molecule has 13 heteroatoms. The molecule has 0 aliphatic carbocycles. The van der Waals surface area contributed by atoms with E-state index in [0.717, 1.165) is 5.56 Å². The number of hydrazone groups is 1. The largest absolute Gasteiger partial charge is 0.487 e. The van der Waals surface area contributed by atoms with Gasteiger partial charge in [0.15, 0.2) is 11.7 Å². The van der Waals surface area contributed by atoms with Gasteiger partial charge in [0.25, 0.3) is 5.91 Å². The lowest BCUT2D eigenvalue weighted by Gasteiger charge is -2.30. The van der Waals surface area contributed by atoms with Crippen molar-refractivity contribution in [1.29, 1.82) is 0 Å².